The van der Waals surface area contributed by atoms with Crippen LogP contribution in [0.25, 0.3) is 0 Å². The molecule has 1 saturated heterocycles. The summed E-state index contributed by atoms with van der Waals surface area (Å²) >= 11 is 1.58. The van der Waals surface area contributed by atoms with Crippen LogP contribution in [0.2, 0.25) is 0 Å². The first-order valence-electron chi connectivity index (χ1n) is 7.54. The molecule has 7 nitrogen and oxygen atoms in total. The maximum atomic E-state index is 11.8. The first-order valence-corrected chi connectivity index (χ1v) is 8.42. The molecule has 3 N–H and O–H groups in total. The van der Waals surface area contributed by atoms with E-state index in [2.05, 4.69) is 10.2 Å². The second-order valence-corrected chi connectivity index (χ2v) is 7.29. The van der Waals surface area contributed by atoms with E-state index < -0.39 is 5.79 Å². The average Bonchev–Trinajstić information content (AvgIpc) is 3.10. The summed E-state index contributed by atoms with van der Waals surface area (Å²) in [6.07, 6.45) is 4.58. The Bertz CT molecular complexity index is 576. The van der Waals surface area contributed by atoms with Gasteiger partial charge in [0, 0.05) is 30.2 Å². The van der Waals surface area contributed by atoms with Crippen LogP contribution in [0.1, 0.15) is 38.1 Å². The molecule has 0 bridgehead atoms. The van der Waals surface area contributed by atoms with Gasteiger partial charge in [0.15, 0.2) is 10.9 Å². The Kier molecular flexibility index (Phi) is 3.36. The Morgan fingerprint density at radius 1 is 1.33 bits per heavy atom. The van der Waals surface area contributed by atoms with Crippen LogP contribution in [0.5, 0.6) is 0 Å². The lowest BCUT2D eigenvalue weighted by Crippen LogP contribution is -2.47. The third kappa shape index (κ3) is 2.54. The maximum absolute atomic E-state index is 11.8. The normalized spacial score (nSPS) is 31.9. The molecule has 2 unspecified atom stereocenters. The van der Waals surface area contributed by atoms with E-state index in [1.807, 2.05) is 0 Å². The Balaban J connectivity index is 1.54. The number of rotatable bonds is 3. The molecule has 116 valence electrons. The number of aromatic nitrogens is 3. The third-order valence-electron chi connectivity index (χ3n) is 4.50. The van der Waals surface area contributed by atoms with Crippen LogP contribution in [-0.2, 0) is 9.47 Å². The van der Waals surface area contributed by atoms with Gasteiger partial charge >= 0.3 is 5.69 Å². The van der Waals surface area contributed by atoms with E-state index in [0.29, 0.717) is 19.3 Å². The summed E-state index contributed by atoms with van der Waals surface area (Å²) in [5, 5.41) is 7.63. The lowest BCUT2D eigenvalue weighted by molar-refractivity contribution is -0.176. The highest BCUT2D eigenvalue weighted by atomic mass is 32.2. The second kappa shape index (κ2) is 5.12. The summed E-state index contributed by atoms with van der Waals surface area (Å²) in [4.78, 5) is 11.8. The number of thioether (sulfide) groups is 1. The molecule has 1 aromatic rings. The van der Waals surface area contributed by atoms with Gasteiger partial charge in [-0.3, -0.25) is 4.57 Å². The minimum atomic E-state index is -0.464. The molecule has 3 aliphatic rings. The summed E-state index contributed by atoms with van der Waals surface area (Å²) in [5.74, 6) is -0.464. The number of nitrogens with one attached hydrogen (secondary N) is 1. The molecular weight excluding hydrogens is 292 g/mol. The van der Waals surface area contributed by atoms with Crippen LogP contribution >= 0.6 is 11.8 Å². The minimum Gasteiger partial charge on any atom is -0.347 e. The molecule has 0 amide bonds. The van der Waals surface area contributed by atoms with Crippen molar-refractivity contribution in [3.63, 3.8) is 0 Å². The summed E-state index contributed by atoms with van der Waals surface area (Å²) in [5.41, 5.74) is 6.15. The zero-order chi connectivity index (χ0) is 14.4. The Labute approximate surface area is 126 Å². The van der Waals surface area contributed by atoms with E-state index in [-0.39, 0.29) is 17.0 Å². The smallest absolute Gasteiger partial charge is 0.344 e. The molecule has 21 heavy (non-hydrogen) atoms. The second-order valence-electron chi connectivity index (χ2n) is 6.08. The van der Waals surface area contributed by atoms with E-state index in [0.717, 1.165) is 37.3 Å². The molecular formula is C13H20N4O3S. The van der Waals surface area contributed by atoms with Gasteiger partial charge < -0.3 is 15.2 Å². The zero-order valence-corrected chi connectivity index (χ0v) is 12.6. The third-order valence-corrected chi connectivity index (χ3v) is 5.82. The summed E-state index contributed by atoms with van der Waals surface area (Å²) < 4.78 is 13.4. The zero-order valence-electron chi connectivity index (χ0n) is 11.8. The Morgan fingerprint density at radius 3 is 2.81 bits per heavy atom. The van der Waals surface area contributed by atoms with Crippen molar-refractivity contribution in [2.24, 2.45) is 5.73 Å². The minimum absolute atomic E-state index is 0.0767. The van der Waals surface area contributed by atoms with Crippen LogP contribution in [-0.4, -0.2) is 45.1 Å². The first-order chi connectivity index (χ1) is 10.2. The monoisotopic (exact) mass is 312 g/mol. The van der Waals surface area contributed by atoms with Crippen molar-refractivity contribution in [3.8, 4) is 0 Å². The molecule has 8 heteroatoms. The highest BCUT2D eigenvalue weighted by molar-refractivity contribution is 7.99. The molecule has 2 atom stereocenters. The molecule has 2 aliphatic carbocycles. The molecule has 2 heterocycles. The van der Waals surface area contributed by atoms with Crippen LogP contribution in [0.15, 0.2) is 9.95 Å². The quantitative estimate of drug-likeness (QED) is 0.849. The lowest BCUT2D eigenvalue weighted by Gasteiger charge is -2.39. The highest BCUT2D eigenvalue weighted by Gasteiger charge is 2.45. The van der Waals surface area contributed by atoms with Crippen molar-refractivity contribution in [2.45, 2.75) is 60.4 Å². The van der Waals surface area contributed by atoms with Crippen molar-refractivity contribution in [1.82, 2.24) is 14.8 Å². The van der Waals surface area contributed by atoms with Crippen molar-refractivity contribution in [2.75, 3.05) is 13.2 Å². The molecule has 3 fully saturated rings. The summed E-state index contributed by atoms with van der Waals surface area (Å²) in [6.45, 7) is 1.31. The fraction of sp³-hybridized carbons (Fsp3) is 0.846. The fourth-order valence-corrected chi connectivity index (χ4v) is 4.55. The van der Waals surface area contributed by atoms with Crippen molar-refractivity contribution >= 4 is 11.8 Å². The molecule has 1 aliphatic heterocycles. The highest BCUT2D eigenvalue weighted by Crippen LogP contribution is 2.43. The van der Waals surface area contributed by atoms with E-state index in [1.165, 1.54) is 0 Å². The van der Waals surface area contributed by atoms with E-state index in [9.17, 15) is 4.79 Å². The number of hydrogen-bond acceptors (Lipinski definition) is 6. The van der Waals surface area contributed by atoms with Gasteiger partial charge in [-0.2, -0.15) is 0 Å². The molecule has 1 spiro atoms. The number of nitrogens with zero attached hydrogens (tertiary/aromatic N) is 2. The Hall–Kier alpha value is -0.830. The largest absolute Gasteiger partial charge is 0.347 e. The van der Waals surface area contributed by atoms with Gasteiger partial charge in [-0.25, -0.2) is 9.89 Å². The first kappa shape index (κ1) is 13.8. The van der Waals surface area contributed by atoms with E-state index >= 15 is 0 Å². The van der Waals surface area contributed by atoms with Crippen molar-refractivity contribution < 1.29 is 9.47 Å². The van der Waals surface area contributed by atoms with Gasteiger partial charge in [0.05, 0.1) is 13.2 Å². The molecule has 0 radical (unpaired) electrons. The van der Waals surface area contributed by atoms with Gasteiger partial charge in [0.1, 0.15) is 0 Å². The molecule has 4 rings (SSSR count). The number of ether oxygens (including phenoxy) is 2. The standard InChI is InChI=1S/C13H20N4O3S/c14-9-3-4-13(19-5-6-20-13)7-10(9)21-12-16-15-11(18)17(12)8-1-2-8/h8-10H,1-7,14H2,(H,15,18). The number of nitrogens with two attached hydrogens (primary N) is 1. The van der Waals surface area contributed by atoms with Crippen LogP contribution in [0.3, 0.4) is 0 Å². The van der Waals surface area contributed by atoms with Crippen LogP contribution < -0.4 is 11.4 Å². The van der Waals surface area contributed by atoms with E-state index in [4.69, 9.17) is 15.2 Å². The van der Waals surface area contributed by atoms with E-state index in [1.54, 1.807) is 16.3 Å². The molecule has 1 aromatic heterocycles. The predicted octanol–water partition coefficient (Wildman–Crippen LogP) is 0.621. The van der Waals surface area contributed by atoms with Crippen molar-refractivity contribution in [3.05, 3.63) is 10.5 Å². The van der Waals surface area contributed by atoms with Crippen molar-refractivity contribution in [1.29, 1.82) is 0 Å². The summed E-state index contributed by atoms with van der Waals surface area (Å²) in [6, 6.07) is 0.388. The number of H-pyrrole nitrogens is 1. The van der Waals surface area contributed by atoms with Gasteiger partial charge in [-0.15, -0.1) is 5.10 Å². The Morgan fingerprint density at radius 2 is 2.10 bits per heavy atom. The number of hydrogen-bond donors (Lipinski definition) is 2. The topological polar surface area (TPSA) is 95.2 Å². The SMILES string of the molecule is NC1CCC2(CC1Sc1n[nH]c(=O)n1C1CC1)OCCO2. The summed E-state index contributed by atoms with van der Waals surface area (Å²) in [7, 11) is 0. The number of aromatic amines is 1. The lowest BCUT2D eigenvalue weighted by atomic mass is 9.90. The van der Waals surface area contributed by atoms with Gasteiger partial charge in [0.25, 0.3) is 0 Å². The van der Waals surface area contributed by atoms with Gasteiger partial charge in [-0.1, -0.05) is 11.8 Å². The van der Waals surface area contributed by atoms with Gasteiger partial charge in [-0.05, 0) is 19.3 Å². The average molecular weight is 312 g/mol. The van der Waals surface area contributed by atoms with Crippen LogP contribution in [0.4, 0.5) is 0 Å². The molecule has 2 saturated carbocycles. The van der Waals surface area contributed by atoms with Crippen LogP contribution in [0, 0.1) is 0 Å². The maximum Gasteiger partial charge on any atom is 0.344 e. The predicted molar refractivity (Wildman–Crippen MR) is 77.2 cm³/mol. The van der Waals surface area contributed by atoms with Gasteiger partial charge in [0.2, 0.25) is 0 Å². The fourth-order valence-electron chi connectivity index (χ4n) is 3.18. The molecule has 0 aromatic carbocycles.